The van der Waals surface area contributed by atoms with Crippen LogP contribution in [0, 0.1) is 5.92 Å². The van der Waals surface area contributed by atoms with E-state index in [1.807, 2.05) is 6.08 Å². The molecule has 0 bridgehead atoms. The molecule has 1 rings (SSSR count). The third-order valence-electron chi connectivity index (χ3n) is 2.25. The summed E-state index contributed by atoms with van der Waals surface area (Å²) in [6.45, 7) is 4.40. The first-order chi connectivity index (χ1) is 5.24. The fourth-order valence-electron chi connectivity index (χ4n) is 1.36. The first-order valence-corrected chi connectivity index (χ1v) is 4.17. The molecular weight excluding hydrogens is 140 g/mol. The number of ether oxygens (including phenoxy) is 1. The highest BCUT2D eigenvalue weighted by molar-refractivity contribution is 4.94. The van der Waals surface area contributed by atoms with E-state index in [0.717, 1.165) is 6.42 Å². The summed E-state index contributed by atoms with van der Waals surface area (Å²) in [6.07, 6.45) is 5.36. The van der Waals surface area contributed by atoms with Crippen molar-refractivity contribution in [2.45, 2.75) is 32.5 Å². The van der Waals surface area contributed by atoms with Gasteiger partial charge in [-0.15, -0.1) is 0 Å². The van der Waals surface area contributed by atoms with Crippen molar-refractivity contribution in [1.82, 2.24) is 0 Å². The highest BCUT2D eigenvalue weighted by atomic mass is 16.5. The largest absolute Gasteiger partial charge is 0.392 e. The van der Waals surface area contributed by atoms with E-state index in [0.29, 0.717) is 12.0 Å². The summed E-state index contributed by atoms with van der Waals surface area (Å²) in [7, 11) is 0. The van der Waals surface area contributed by atoms with Crippen molar-refractivity contribution in [1.29, 1.82) is 0 Å². The van der Waals surface area contributed by atoms with Gasteiger partial charge in [-0.05, 0) is 19.3 Å². The van der Waals surface area contributed by atoms with Crippen LogP contribution in [-0.2, 0) is 4.74 Å². The predicted molar refractivity (Wildman–Crippen MR) is 44.3 cm³/mol. The maximum absolute atomic E-state index is 8.52. The van der Waals surface area contributed by atoms with Crippen molar-refractivity contribution in [3.63, 3.8) is 0 Å². The lowest BCUT2D eigenvalue weighted by molar-refractivity contribution is 0.0721. The molecule has 1 heterocycles. The van der Waals surface area contributed by atoms with Gasteiger partial charge in [0.25, 0.3) is 0 Å². The molecule has 0 aromatic heterocycles. The van der Waals surface area contributed by atoms with E-state index in [9.17, 15) is 0 Å². The second-order valence-corrected chi connectivity index (χ2v) is 3.20. The van der Waals surface area contributed by atoms with E-state index in [1.165, 1.54) is 0 Å². The molecule has 0 radical (unpaired) electrons. The predicted octanol–water partition coefficient (Wildman–Crippen LogP) is 1.35. The third-order valence-corrected chi connectivity index (χ3v) is 2.25. The van der Waals surface area contributed by atoms with Crippen molar-refractivity contribution >= 4 is 0 Å². The third kappa shape index (κ3) is 2.31. The highest BCUT2D eigenvalue weighted by Gasteiger charge is 2.26. The summed E-state index contributed by atoms with van der Waals surface area (Å²) in [6, 6.07) is 0. The Morgan fingerprint density at radius 2 is 2.27 bits per heavy atom. The minimum absolute atomic E-state index is 0.114. The van der Waals surface area contributed by atoms with Crippen molar-refractivity contribution in [2.75, 3.05) is 6.61 Å². The van der Waals surface area contributed by atoms with Gasteiger partial charge < -0.3 is 9.84 Å². The minimum atomic E-state index is 0.114. The number of aliphatic hydroxyl groups is 1. The van der Waals surface area contributed by atoms with Crippen LogP contribution < -0.4 is 0 Å². The van der Waals surface area contributed by atoms with Crippen molar-refractivity contribution in [3.05, 3.63) is 12.2 Å². The molecule has 1 aliphatic rings. The second kappa shape index (κ2) is 3.88. The monoisotopic (exact) mass is 156 g/mol. The average molecular weight is 156 g/mol. The van der Waals surface area contributed by atoms with Crippen molar-refractivity contribution in [3.8, 4) is 0 Å². The molecule has 11 heavy (non-hydrogen) atoms. The summed E-state index contributed by atoms with van der Waals surface area (Å²) >= 11 is 0. The number of hydrogen-bond donors (Lipinski definition) is 1. The topological polar surface area (TPSA) is 29.5 Å². The molecule has 0 amide bonds. The second-order valence-electron chi connectivity index (χ2n) is 3.20. The van der Waals surface area contributed by atoms with Crippen LogP contribution in [0.25, 0.3) is 0 Å². The summed E-state index contributed by atoms with van der Waals surface area (Å²) in [5.41, 5.74) is 0. The molecule has 1 saturated heterocycles. The van der Waals surface area contributed by atoms with Gasteiger partial charge in [0.05, 0.1) is 18.8 Å². The molecule has 1 unspecified atom stereocenters. The minimum Gasteiger partial charge on any atom is -0.392 e. The van der Waals surface area contributed by atoms with Gasteiger partial charge in [-0.2, -0.15) is 0 Å². The molecule has 64 valence electrons. The van der Waals surface area contributed by atoms with Crippen LogP contribution in [0.3, 0.4) is 0 Å². The lowest BCUT2D eigenvalue weighted by Gasteiger charge is -2.06. The lowest BCUT2D eigenvalue weighted by atomic mass is 10.0. The molecule has 1 fully saturated rings. The quantitative estimate of drug-likeness (QED) is 0.611. The van der Waals surface area contributed by atoms with Crippen LogP contribution in [0.2, 0.25) is 0 Å². The van der Waals surface area contributed by atoms with Gasteiger partial charge in [-0.1, -0.05) is 19.1 Å². The molecule has 3 atom stereocenters. The fourth-order valence-corrected chi connectivity index (χ4v) is 1.36. The summed E-state index contributed by atoms with van der Waals surface area (Å²) in [4.78, 5) is 0. The van der Waals surface area contributed by atoms with Gasteiger partial charge in [0.1, 0.15) is 0 Å². The first-order valence-electron chi connectivity index (χ1n) is 4.17. The Kier molecular flexibility index (Phi) is 3.09. The zero-order chi connectivity index (χ0) is 8.27. The Hall–Kier alpha value is -0.340. The zero-order valence-corrected chi connectivity index (χ0v) is 7.16. The van der Waals surface area contributed by atoms with E-state index in [1.54, 1.807) is 6.08 Å². The Bertz CT molecular complexity index is 132. The Morgan fingerprint density at radius 1 is 1.55 bits per heavy atom. The van der Waals surface area contributed by atoms with E-state index in [2.05, 4.69) is 13.8 Å². The lowest BCUT2D eigenvalue weighted by Crippen LogP contribution is -2.07. The van der Waals surface area contributed by atoms with Crippen LogP contribution in [0.1, 0.15) is 20.3 Å². The summed E-state index contributed by atoms with van der Waals surface area (Å²) in [5.74, 6) is 0.642. The molecule has 2 heteroatoms. The first kappa shape index (κ1) is 8.75. The molecule has 0 aromatic rings. The van der Waals surface area contributed by atoms with E-state index in [-0.39, 0.29) is 12.7 Å². The summed E-state index contributed by atoms with van der Waals surface area (Å²) < 4.78 is 5.58. The zero-order valence-electron chi connectivity index (χ0n) is 7.16. The average Bonchev–Trinajstić information content (AvgIpc) is 2.28. The molecule has 1 aliphatic heterocycles. The molecule has 0 saturated carbocycles. The van der Waals surface area contributed by atoms with Gasteiger partial charge >= 0.3 is 0 Å². The Balaban J connectivity index is 2.35. The maximum atomic E-state index is 8.52. The van der Waals surface area contributed by atoms with E-state index >= 15 is 0 Å². The number of hydrogen-bond acceptors (Lipinski definition) is 2. The van der Waals surface area contributed by atoms with Crippen LogP contribution in [0.5, 0.6) is 0 Å². The van der Waals surface area contributed by atoms with Gasteiger partial charge in [-0.25, -0.2) is 0 Å². The fraction of sp³-hybridized carbons (Fsp3) is 0.778. The molecule has 0 spiro atoms. The van der Waals surface area contributed by atoms with Gasteiger partial charge in [0.2, 0.25) is 0 Å². The SMILES string of the molecule is CC1C[C@@H](/C=C/CO)O[C@H]1C. The molecular formula is C9H16O2. The van der Waals surface area contributed by atoms with Crippen LogP contribution in [0.4, 0.5) is 0 Å². The number of rotatable bonds is 2. The molecule has 0 aromatic carbocycles. The van der Waals surface area contributed by atoms with Gasteiger partial charge in [0, 0.05) is 0 Å². The molecule has 1 N–H and O–H groups in total. The van der Waals surface area contributed by atoms with Crippen LogP contribution in [-0.4, -0.2) is 23.9 Å². The smallest absolute Gasteiger partial charge is 0.0763 e. The van der Waals surface area contributed by atoms with Gasteiger partial charge in [0.15, 0.2) is 0 Å². The van der Waals surface area contributed by atoms with Gasteiger partial charge in [-0.3, -0.25) is 0 Å². The maximum Gasteiger partial charge on any atom is 0.0763 e. The highest BCUT2D eigenvalue weighted by Crippen LogP contribution is 2.25. The number of aliphatic hydroxyl groups excluding tert-OH is 1. The van der Waals surface area contributed by atoms with Crippen LogP contribution in [0.15, 0.2) is 12.2 Å². The Labute approximate surface area is 67.9 Å². The normalized spacial score (nSPS) is 38.6. The standard InChI is InChI=1S/C9H16O2/c1-7-6-9(4-3-5-10)11-8(7)2/h3-4,7-10H,5-6H2,1-2H3/b4-3+/t7?,8-,9+/m0/s1. The molecule has 0 aliphatic carbocycles. The Morgan fingerprint density at radius 3 is 2.73 bits per heavy atom. The summed E-state index contributed by atoms with van der Waals surface area (Å²) in [5, 5.41) is 8.52. The van der Waals surface area contributed by atoms with Crippen molar-refractivity contribution < 1.29 is 9.84 Å². The molecule has 2 nitrogen and oxygen atoms in total. The van der Waals surface area contributed by atoms with Crippen LogP contribution >= 0.6 is 0 Å². The van der Waals surface area contributed by atoms with E-state index < -0.39 is 0 Å². The van der Waals surface area contributed by atoms with Crippen molar-refractivity contribution in [2.24, 2.45) is 5.92 Å². The van der Waals surface area contributed by atoms with E-state index in [4.69, 9.17) is 9.84 Å².